The summed E-state index contributed by atoms with van der Waals surface area (Å²) in [4.78, 5) is 11.8. The summed E-state index contributed by atoms with van der Waals surface area (Å²) in [5.41, 5.74) is 0. The topological polar surface area (TPSA) is 99.0 Å². The zero-order valence-corrected chi connectivity index (χ0v) is 18.7. The van der Waals surface area contributed by atoms with E-state index in [2.05, 4.69) is 11.4 Å². The first-order chi connectivity index (χ1) is 15.5. The minimum Gasteiger partial charge on any atom is -0.491 e. The van der Waals surface area contributed by atoms with Gasteiger partial charge in [-0.25, -0.2) is 0 Å². The van der Waals surface area contributed by atoms with Crippen LogP contribution in [0.2, 0.25) is 0 Å². The normalized spacial score (nSPS) is 26.6. The molecule has 2 aliphatic carbocycles. The van der Waals surface area contributed by atoms with Crippen molar-refractivity contribution in [2.45, 2.75) is 63.3 Å². The fraction of sp³-hybridized carbons (Fsp3) is 0.577. The molecule has 2 fully saturated rings. The summed E-state index contributed by atoms with van der Waals surface area (Å²) in [7, 11) is 0. The van der Waals surface area contributed by atoms with E-state index >= 15 is 0 Å². The molecule has 6 nitrogen and oxygen atoms in total. The third-order valence-corrected chi connectivity index (χ3v) is 6.27. The summed E-state index contributed by atoms with van der Waals surface area (Å²) in [6, 6.07) is 9.30. The highest BCUT2D eigenvalue weighted by atomic mass is 16.5. The largest absolute Gasteiger partial charge is 0.491 e. The Bertz CT molecular complexity index is 746. The first-order valence-corrected chi connectivity index (χ1v) is 11.8. The van der Waals surface area contributed by atoms with Gasteiger partial charge in [0.1, 0.15) is 18.5 Å². The number of unbranched alkanes of at least 4 members (excludes halogenated alkanes) is 1. The quantitative estimate of drug-likeness (QED) is 0.278. The Hall–Kier alpha value is -2.15. The van der Waals surface area contributed by atoms with E-state index in [9.17, 15) is 20.1 Å². The molecule has 0 saturated heterocycles. The molecule has 0 aliphatic heterocycles. The Morgan fingerprint density at radius 3 is 2.69 bits per heavy atom. The SMILES string of the molecule is O=C(CCC/C=C\C[C@H]1[C@@H](/C=C/[C@H](O)COc2ccccc2)[C@@H](O)C[C@H]1O)NCC1CC1. The number of rotatable bonds is 13. The van der Waals surface area contributed by atoms with Crippen LogP contribution in [0.3, 0.4) is 0 Å². The van der Waals surface area contributed by atoms with Crippen LogP contribution in [0.1, 0.15) is 44.9 Å². The van der Waals surface area contributed by atoms with E-state index in [0.717, 1.165) is 19.4 Å². The van der Waals surface area contributed by atoms with Crippen molar-refractivity contribution in [2.75, 3.05) is 13.2 Å². The number of benzene rings is 1. The smallest absolute Gasteiger partial charge is 0.220 e. The number of aliphatic hydroxyl groups excluding tert-OH is 3. The van der Waals surface area contributed by atoms with Crippen LogP contribution in [0.25, 0.3) is 0 Å². The van der Waals surface area contributed by atoms with Crippen LogP contribution in [0, 0.1) is 17.8 Å². The van der Waals surface area contributed by atoms with Gasteiger partial charge in [0.15, 0.2) is 0 Å². The Labute approximate surface area is 191 Å². The van der Waals surface area contributed by atoms with Crippen LogP contribution >= 0.6 is 0 Å². The second-order valence-electron chi connectivity index (χ2n) is 9.03. The number of carbonyl (C=O) groups excluding carboxylic acids is 1. The molecule has 4 N–H and O–H groups in total. The van der Waals surface area contributed by atoms with Gasteiger partial charge in [0.2, 0.25) is 5.91 Å². The number of aliphatic hydroxyl groups is 3. The molecular formula is C26H37NO5. The predicted molar refractivity (Wildman–Crippen MR) is 124 cm³/mol. The molecule has 0 radical (unpaired) electrons. The van der Waals surface area contributed by atoms with Gasteiger partial charge in [-0.05, 0) is 56.1 Å². The third kappa shape index (κ3) is 8.41. The number of allylic oxidation sites excluding steroid dienone is 2. The van der Waals surface area contributed by atoms with Gasteiger partial charge in [-0.15, -0.1) is 0 Å². The van der Waals surface area contributed by atoms with E-state index in [0.29, 0.717) is 30.9 Å². The molecular weight excluding hydrogens is 406 g/mol. The lowest BCUT2D eigenvalue weighted by atomic mass is 9.89. The average Bonchev–Trinajstić information content (AvgIpc) is 3.58. The van der Waals surface area contributed by atoms with E-state index in [1.165, 1.54) is 12.8 Å². The Morgan fingerprint density at radius 2 is 1.94 bits per heavy atom. The van der Waals surface area contributed by atoms with Crippen LogP contribution in [0.15, 0.2) is 54.6 Å². The number of ether oxygens (including phenoxy) is 1. The van der Waals surface area contributed by atoms with Crippen molar-refractivity contribution in [3.8, 4) is 5.75 Å². The molecule has 1 aromatic carbocycles. The molecule has 1 amide bonds. The fourth-order valence-corrected chi connectivity index (χ4v) is 4.14. The molecule has 0 unspecified atom stereocenters. The zero-order chi connectivity index (χ0) is 22.8. The summed E-state index contributed by atoms with van der Waals surface area (Å²) in [5, 5.41) is 33.9. The maximum atomic E-state index is 11.8. The number of nitrogens with one attached hydrogen (secondary N) is 1. The van der Waals surface area contributed by atoms with Gasteiger partial charge in [0.25, 0.3) is 0 Å². The molecule has 0 spiro atoms. The van der Waals surface area contributed by atoms with Crippen LogP contribution < -0.4 is 10.1 Å². The van der Waals surface area contributed by atoms with Gasteiger partial charge >= 0.3 is 0 Å². The second-order valence-corrected chi connectivity index (χ2v) is 9.03. The van der Waals surface area contributed by atoms with Crippen molar-refractivity contribution in [1.29, 1.82) is 0 Å². The van der Waals surface area contributed by atoms with Crippen LogP contribution in [0.5, 0.6) is 5.75 Å². The molecule has 32 heavy (non-hydrogen) atoms. The van der Waals surface area contributed by atoms with E-state index < -0.39 is 18.3 Å². The molecule has 3 rings (SSSR count). The first-order valence-electron chi connectivity index (χ1n) is 11.8. The van der Waals surface area contributed by atoms with Gasteiger partial charge in [-0.1, -0.05) is 42.5 Å². The summed E-state index contributed by atoms with van der Waals surface area (Å²) in [5.74, 6) is 1.21. The minimum absolute atomic E-state index is 0.0958. The highest BCUT2D eigenvalue weighted by Crippen LogP contribution is 2.36. The summed E-state index contributed by atoms with van der Waals surface area (Å²) < 4.78 is 5.55. The number of carbonyl (C=O) groups is 1. The van der Waals surface area contributed by atoms with Crippen molar-refractivity contribution < 1.29 is 24.9 Å². The Kier molecular flexibility index (Phi) is 9.78. The minimum atomic E-state index is -0.789. The molecule has 2 saturated carbocycles. The molecule has 0 aromatic heterocycles. The molecule has 1 aromatic rings. The number of para-hydroxylation sites is 1. The van der Waals surface area contributed by atoms with Crippen molar-refractivity contribution in [3.05, 3.63) is 54.6 Å². The average molecular weight is 444 g/mol. The molecule has 0 bridgehead atoms. The highest BCUT2D eigenvalue weighted by Gasteiger charge is 2.39. The van der Waals surface area contributed by atoms with Gasteiger partial charge in [0.05, 0.1) is 12.2 Å². The van der Waals surface area contributed by atoms with E-state index in [-0.39, 0.29) is 24.3 Å². The van der Waals surface area contributed by atoms with Crippen LogP contribution in [0.4, 0.5) is 0 Å². The molecule has 0 heterocycles. The summed E-state index contributed by atoms with van der Waals surface area (Å²) >= 11 is 0. The van der Waals surface area contributed by atoms with Crippen LogP contribution in [-0.2, 0) is 4.79 Å². The van der Waals surface area contributed by atoms with Gasteiger partial charge in [-0.2, -0.15) is 0 Å². The fourth-order valence-electron chi connectivity index (χ4n) is 4.14. The summed E-state index contributed by atoms with van der Waals surface area (Å²) in [6.07, 6.45) is 11.2. The zero-order valence-electron chi connectivity index (χ0n) is 18.7. The lowest BCUT2D eigenvalue weighted by Crippen LogP contribution is -2.24. The van der Waals surface area contributed by atoms with Gasteiger partial charge in [-0.3, -0.25) is 4.79 Å². The van der Waals surface area contributed by atoms with Crippen molar-refractivity contribution in [2.24, 2.45) is 17.8 Å². The first kappa shape index (κ1) is 24.5. The van der Waals surface area contributed by atoms with E-state index in [1.807, 2.05) is 42.5 Å². The second kappa shape index (κ2) is 12.8. The van der Waals surface area contributed by atoms with E-state index in [4.69, 9.17) is 4.74 Å². The molecule has 5 atom stereocenters. The maximum absolute atomic E-state index is 11.8. The molecule has 176 valence electrons. The highest BCUT2D eigenvalue weighted by molar-refractivity contribution is 5.75. The number of amides is 1. The van der Waals surface area contributed by atoms with Crippen molar-refractivity contribution >= 4 is 5.91 Å². The Morgan fingerprint density at radius 1 is 1.16 bits per heavy atom. The van der Waals surface area contributed by atoms with Gasteiger partial charge < -0.3 is 25.4 Å². The lowest BCUT2D eigenvalue weighted by molar-refractivity contribution is -0.121. The van der Waals surface area contributed by atoms with Crippen molar-refractivity contribution in [1.82, 2.24) is 5.32 Å². The predicted octanol–water partition coefficient (Wildman–Crippen LogP) is 2.98. The molecule has 2 aliphatic rings. The third-order valence-electron chi connectivity index (χ3n) is 6.27. The van der Waals surface area contributed by atoms with Crippen molar-refractivity contribution in [3.63, 3.8) is 0 Å². The summed E-state index contributed by atoms with van der Waals surface area (Å²) in [6.45, 7) is 0.948. The van der Waals surface area contributed by atoms with E-state index in [1.54, 1.807) is 6.08 Å². The van der Waals surface area contributed by atoms with Crippen LogP contribution in [-0.4, -0.2) is 52.7 Å². The Balaban J connectivity index is 1.37. The molecule has 6 heteroatoms. The number of hydrogen-bond acceptors (Lipinski definition) is 5. The van der Waals surface area contributed by atoms with Gasteiger partial charge in [0, 0.05) is 25.3 Å². The standard InChI is InChI=1S/C26H37NO5/c28-20(18-32-21-8-4-3-5-9-21)14-15-23-22(24(29)16-25(23)30)10-6-1-2-7-11-26(31)27-17-19-12-13-19/h1,3-6,8-9,14-15,19-20,22-25,28-30H,2,7,10-13,16-18H2,(H,27,31)/b6-1-,15-14+/t20-,22-,23+,24+,25-/m0/s1. The monoisotopic (exact) mass is 443 g/mol. The number of hydrogen-bond donors (Lipinski definition) is 4. The maximum Gasteiger partial charge on any atom is 0.220 e. The lowest BCUT2D eigenvalue weighted by Gasteiger charge is -2.19.